The maximum Gasteiger partial charge on any atom is 0.146 e. The minimum Gasteiger partial charge on any atom is -0.394 e. The van der Waals surface area contributed by atoms with Crippen LogP contribution in [0.2, 0.25) is 0 Å². The molecule has 0 amide bonds. The number of anilines is 1. The Morgan fingerprint density at radius 3 is 2.33 bits per heavy atom. The van der Waals surface area contributed by atoms with Gasteiger partial charge in [0.2, 0.25) is 0 Å². The smallest absolute Gasteiger partial charge is 0.146 e. The second kappa shape index (κ2) is 6.72. The molecule has 3 heteroatoms. The molecule has 2 rings (SSSR count). The Bertz CT molecular complexity index is 582. The van der Waals surface area contributed by atoms with Gasteiger partial charge in [-0.15, -0.1) is 0 Å². The summed E-state index contributed by atoms with van der Waals surface area (Å²) in [4.78, 5) is 0. The molecule has 0 aromatic heterocycles. The van der Waals surface area contributed by atoms with Crippen molar-refractivity contribution in [1.82, 2.24) is 0 Å². The highest BCUT2D eigenvalue weighted by atomic mass is 19.1. The summed E-state index contributed by atoms with van der Waals surface area (Å²) >= 11 is 0. The first kappa shape index (κ1) is 15.5. The highest BCUT2D eigenvalue weighted by Crippen LogP contribution is 2.27. The molecule has 0 fully saturated rings. The van der Waals surface area contributed by atoms with E-state index >= 15 is 0 Å². The highest BCUT2D eigenvalue weighted by Gasteiger charge is 2.26. The molecule has 0 bridgehead atoms. The second-order valence-corrected chi connectivity index (χ2v) is 5.54. The number of hydrogen-bond donors (Lipinski definition) is 2. The van der Waals surface area contributed by atoms with Crippen molar-refractivity contribution in [2.75, 3.05) is 11.9 Å². The zero-order chi connectivity index (χ0) is 15.3. The first-order valence-corrected chi connectivity index (χ1v) is 7.32. The van der Waals surface area contributed by atoms with E-state index in [1.165, 1.54) is 11.6 Å². The molecule has 0 spiro atoms. The van der Waals surface area contributed by atoms with Gasteiger partial charge in [-0.1, -0.05) is 49.7 Å². The molecule has 2 N–H and O–H groups in total. The van der Waals surface area contributed by atoms with Gasteiger partial charge in [0.15, 0.2) is 0 Å². The SMILES string of the molecule is CCCc1ccc(C(C)(CO)Nc2ccccc2F)cc1. The number of rotatable bonds is 6. The molecule has 0 saturated carbocycles. The van der Waals surface area contributed by atoms with Gasteiger partial charge in [-0.2, -0.15) is 0 Å². The molecular formula is C18H22FNO. The predicted octanol–water partition coefficient (Wildman–Crippen LogP) is 4.10. The third-order valence-electron chi connectivity index (χ3n) is 3.73. The number of hydrogen-bond acceptors (Lipinski definition) is 2. The Labute approximate surface area is 125 Å². The second-order valence-electron chi connectivity index (χ2n) is 5.54. The van der Waals surface area contributed by atoms with E-state index in [9.17, 15) is 9.50 Å². The third kappa shape index (κ3) is 3.61. The largest absolute Gasteiger partial charge is 0.394 e. The number of benzene rings is 2. The zero-order valence-corrected chi connectivity index (χ0v) is 12.6. The van der Waals surface area contributed by atoms with Crippen LogP contribution in [0.1, 0.15) is 31.4 Å². The third-order valence-corrected chi connectivity index (χ3v) is 3.73. The number of aliphatic hydroxyl groups is 1. The summed E-state index contributed by atoms with van der Waals surface area (Å²) in [7, 11) is 0. The van der Waals surface area contributed by atoms with Crippen LogP contribution < -0.4 is 5.32 Å². The van der Waals surface area contributed by atoms with Gasteiger partial charge >= 0.3 is 0 Å². The van der Waals surface area contributed by atoms with Gasteiger partial charge in [0.25, 0.3) is 0 Å². The van der Waals surface area contributed by atoms with Gasteiger partial charge in [0.05, 0.1) is 17.8 Å². The molecule has 2 aromatic carbocycles. The fourth-order valence-corrected chi connectivity index (χ4v) is 2.39. The first-order valence-electron chi connectivity index (χ1n) is 7.32. The van der Waals surface area contributed by atoms with Crippen molar-refractivity contribution in [1.29, 1.82) is 0 Å². The number of para-hydroxylation sites is 1. The van der Waals surface area contributed by atoms with Crippen molar-refractivity contribution < 1.29 is 9.50 Å². The van der Waals surface area contributed by atoms with E-state index in [0.29, 0.717) is 5.69 Å². The van der Waals surface area contributed by atoms with E-state index in [1.807, 2.05) is 19.1 Å². The van der Waals surface area contributed by atoms with Crippen molar-refractivity contribution in [2.24, 2.45) is 0 Å². The molecular weight excluding hydrogens is 265 g/mol. The van der Waals surface area contributed by atoms with Crippen LogP contribution in [-0.2, 0) is 12.0 Å². The molecule has 0 radical (unpaired) electrons. The van der Waals surface area contributed by atoms with Crippen molar-refractivity contribution in [2.45, 2.75) is 32.2 Å². The Kier molecular flexibility index (Phi) is 4.97. The summed E-state index contributed by atoms with van der Waals surface area (Å²) in [6.07, 6.45) is 2.14. The van der Waals surface area contributed by atoms with E-state index in [0.717, 1.165) is 18.4 Å². The van der Waals surface area contributed by atoms with Crippen molar-refractivity contribution in [3.63, 3.8) is 0 Å². The summed E-state index contributed by atoms with van der Waals surface area (Å²) in [5.74, 6) is -0.320. The van der Waals surface area contributed by atoms with Gasteiger partial charge < -0.3 is 10.4 Å². The normalized spacial score (nSPS) is 13.7. The first-order chi connectivity index (χ1) is 10.1. The highest BCUT2D eigenvalue weighted by molar-refractivity contribution is 5.49. The summed E-state index contributed by atoms with van der Waals surface area (Å²) in [6.45, 7) is 3.90. The van der Waals surface area contributed by atoms with Crippen molar-refractivity contribution in [3.05, 3.63) is 65.5 Å². The standard InChI is InChI=1S/C18H22FNO/c1-3-6-14-9-11-15(12-10-14)18(2,13-21)20-17-8-5-4-7-16(17)19/h4-5,7-12,20-21H,3,6,13H2,1-2H3. The maximum atomic E-state index is 13.8. The van der Waals surface area contributed by atoms with E-state index in [4.69, 9.17) is 0 Å². The van der Waals surface area contributed by atoms with Crippen LogP contribution in [0.5, 0.6) is 0 Å². The van der Waals surface area contributed by atoms with E-state index in [1.54, 1.807) is 18.2 Å². The molecule has 112 valence electrons. The molecule has 0 saturated heterocycles. The molecule has 0 aliphatic heterocycles. The number of halogens is 1. The zero-order valence-electron chi connectivity index (χ0n) is 12.6. The fraction of sp³-hybridized carbons (Fsp3) is 0.333. The molecule has 0 aliphatic rings. The predicted molar refractivity (Wildman–Crippen MR) is 84.9 cm³/mol. The van der Waals surface area contributed by atoms with E-state index in [-0.39, 0.29) is 12.4 Å². The van der Waals surface area contributed by atoms with Crippen LogP contribution in [-0.4, -0.2) is 11.7 Å². The van der Waals surface area contributed by atoms with Gasteiger partial charge in [0, 0.05) is 0 Å². The monoisotopic (exact) mass is 287 g/mol. The van der Waals surface area contributed by atoms with E-state index in [2.05, 4.69) is 24.4 Å². The maximum absolute atomic E-state index is 13.8. The number of aliphatic hydroxyl groups excluding tert-OH is 1. The summed E-state index contributed by atoms with van der Waals surface area (Å²) in [5, 5.41) is 12.9. The van der Waals surface area contributed by atoms with Crippen LogP contribution in [0.3, 0.4) is 0 Å². The van der Waals surface area contributed by atoms with Crippen LogP contribution in [0.4, 0.5) is 10.1 Å². The summed E-state index contributed by atoms with van der Waals surface area (Å²) in [5.41, 5.74) is 1.89. The molecule has 1 unspecified atom stereocenters. The van der Waals surface area contributed by atoms with Crippen molar-refractivity contribution in [3.8, 4) is 0 Å². The molecule has 2 aromatic rings. The Hall–Kier alpha value is -1.87. The average Bonchev–Trinajstić information content (AvgIpc) is 2.50. The lowest BCUT2D eigenvalue weighted by molar-refractivity contribution is 0.223. The topological polar surface area (TPSA) is 32.3 Å². The molecule has 0 aliphatic carbocycles. The number of aryl methyl sites for hydroxylation is 1. The summed E-state index contributed by atoms with van der Waals surface area (Å²) < 4.78 is 13.8. The quantitative estimate of drug-likeness (QED) is 0.838. The van der Waals surface area contributed by atoms with Gasteiger partial charge in [-0.05, 0) is 36.6 Å². The Morgan fingerprint density at radius 1 is 1.10 bits per heavy atom. The van der Waals surface area contributed by atoms with E-state index < -0.39 is 5.54 Å². The lowest BCUT2D eigenvalue weighted by Gasteiger charge is -2.31. The minimum atomic E-state index is -0.715. The van der Waals surface area contributed by atoms with Gasteiger partial charge in [0.1, 0.15) is 5.82 Å². The molecule has 0 heterocycles. The van der Waals surface area contributed by atoms with Crippen LogP contribution in [0.25, 0.3) is 0 Å². The fourth-order valence-electron chi connectivity index (χ4n) is 2.39. The van der Waals surface area contributed by atoms with Crippen LogP contribution in [0, 0.1) is 5.82 Å². The lowest BCUT2D eigenvalue weighted by atomic mass is 9.91. The van der Waals surface area contributed by atoms with Crippen LogP contribution in [0.15, 0.2) is 48.5 Å². The van der Waals surface area contributed by atoms with Gasteiger partial charge in [-0.3, -0.25) is 0 Å². The molecule has 21 heavy (non-hydrogen) atoms. The Balaban J connectivity index is 2.26. The lowest BCUT2D eigenvalue weighted by Crippen LogP contribution is -2.36. The average molecular weight is 287 g/mol. The van der Waals surface area contributed by atoms with Crippen LogP contribution >= 0.6 is 0 Å². The van der Waals surface area contributed by atoms with Gasteiger partial charge in [-0.25, -0.2) is 4.39 Å². The molecule has 1 atom stereocenters. The van der Waals surface area contributed by atoms with Crippen molar-refractivity contribution >= 4 is 5.69 Å². The Morgan fingerprint density at radius 2 is 1.76 bits per heavy atom. The molecule has 2 nitrogen and oxygen atoms in total. The summed E-state index contributed by atoms with van der Waals surface area (Å²) in [6, 6.07) is 14.6. The minimum absolute atomic E-state index is 0.117. The number of nitrogens with one attached hydrogen (secondary N) is 1.